The van der Waals surface area contributed by atoms with Crippen molar-refractivity contribution >= 4 is 33.6 Å². The van der Waals surface area contributed by atoms with Gasteiger partial charge in [0, 0.05) is 31.0 Å². The fourth-order valence-electron chi connectivity index (χ4n) is 7.16. The summed E-state index contributed by atoms with van der Waals surface area (Å²) in [5.74, 6) is 1.12. The molecule has 0 spiro atoms. The lowest BCUT2D eigenvalue weighted by Crippen LogP contribution is -2.65. The molecule has 6 rings (SSSR count). The molecule has 0 heterocycles. The molecule has 0 aliphatic heterocycles. The third-order valence-corrected chi connectivity index (χ3v) is 9.28. The monoisotopic (exact) mass is 491 g/mol. The lowest BCUT2D eigenvalue weighted by atomic mass is 9.52. The molecule has 0 aromatic heterocycles. The highest BCUT2D eigenvalue weighted by Crippen LogP contribution is 2.58. The van der Waals surface area contributed by atoms with Crippen molar-refractivity contribution in [2.45, 2.75) is 55.7 Å². The molecule has 5 fully saturated rings. The summed E-state index contributed by atoms with van der Waals surface area (Å²) in [5, 5.41) is -0.348. The molecule has 1 aromatic carbocycles. The van der Waals surface area contributed by atoms with Crippen LogP contribution in [0.1, 0.15) is 37.7 Å². The summed E-state index contributed by atoms with van der Waals surface area (Å²) in [5.41, 5.74) is -0.434. The Morgan fingerprint density at radius 3 is 2.55 bits per heavy atom. The second-order valence-corrected chi connectivity index (χ2v) is 11.4. The van der Waals surface area contributed by atoms with Gasteiger partial charge in [0.15, 0.2) is 0 Å². The number of nitrogens with one attached hydrogen (secondary N) is 1. The molecule has 2 amide bonds. The first-order chi connectivity index (χ1) is 15.9. The van der Waals surface area contributed by atoms with Gasteiger partial charge in [-0.15, -0.1) is 0 Å². The van der Waals surface area contributed by atoms with Crippen LogP contribution >= 0.6 is 11.9 Å². The highest BCUT2D eigenvalue weighted by atomic mass is 32.2. The SMILES string of the molecule is CNSC(=O)N(C(=O)C1(c2ccccc2)CC1N=S(=O)=O)C1C2CC3CC(C2)C(OC)C1C3. The first kappa shape index (κ1) is 23.0. The molecular formula is C23H29N3O5S2. The van der Waals surface area contributed by atoms with Crippen molar-refractivity contribution in [1.29, 1.82) is 0 Å². The molecule has 8 atom stereocenters. The maximum Gasteiger partial charge on any atom is 0.311 e. The van der Waals surface area contributed by atoms with Crippen LogP contribution in [0.15, 0.2) is 34.7 Å². The molecule has 1 N–H and O–H groups in total. The Kier molecular flexibility index (Phi) is 6.13. The van der Waals surface area contributed by atoms with Crippen molar-refractivity contribution in [3.05, 3.63) is 35.9 Å². The largest absolute Gasteiger partial charge is 0.381 e. The van der Waals surface area contributed by atoms with Gasteiger partial charge in [-0.05, 0) is 62.5 Å². The summed E-state index contributed by atoms with van der Waals surface area (Å²) in [6.45, 7) is 0. The lowest BCUT2D eigenvalue weighted by molar-refractivity contribution is -0.160. The third kappa shape index (κ3) is 3.75. The zero-order valence-corrected chi connectivity index (χ0v) is 20.3. The molecule has 4 bridgehead atoms. The van der Waals surface area contributed by atoms with E-state index < -0.39 is 22.0 Å². The molecule has 178 valence electrons. The van der Waals surface area contributed by atoms with E-state index in [2.05, 4.69) is 9.08 Å². The van der Waals surface area contributed by atoms with Crippen LogP contribution in [0.25, 0.3) is 0 Å². The molecule has 10 heteroatoms. The summed E-state index contributed by atoms with van der Waals surface area (Å²) in [6, 6.07) is 8.20. The van der Waals surface area contributed by atoms with E-state index in [1.165, 1.54) is 4.90 Å². The van der Waals surface area contributed by atoms with Crippen molar-refractivity contribution in [1.82, 2.24) is 9.62 Å². The lowest BCUT2D eigenvalue weighted by Gasteiger charge is -2.59. The van der Waals surface area contributed by atoms with E-state index in [0.717, 1.165) is 37.6 Å². The molecule has 8 nitrogen and oxygen atoms in total. The van der Waals surface area contributed by atoms with E-state index in [4.69, 9.17) is 4.74 Å². The third-order valence-electron chi connectivity index (χ3n) is 8.27. The number of hydrogen-bond donors (Lipinski definition) is 1. The first-order valence-corrected chi connectivity index (χ1v) is 13.3. The number of methoxy groups -OCH3 is 1. The van der Waals surface area contributed by atoms with Gasteiger partial charge in [0.05, 0.1) is 12.1 Å². The van der Waals surface area contributed by atoms with E-state index in [1.54, 1.807) is 14.2 Å². The minimum absolute atomic E-state index is 0.0343. The number of carbonyl (C=O) groups is 2. The molecule has 1 aromatic rings. The topological polar surface area (TPSA) is 105 Å². The smallest absolute Gasteiger partial charge is 0.311 e. The summed E-state index contributed by atoms with van der Waals surface area (Å²) in [7, 11) is 0.752. The maximum atomic E-state index is 14.3. The second kappa shape index (κ2) is 8.79. The maximum absolute atomic E-state index is 14.3. The number of imide groups is 1. The van der Waals surface area contributed by atoms with Crippen LogP contribution in [0.5, 0.6) is 0 Å². The minimum Gasteiger partial charge on any atom is -0.381 e. The van der Waals surface area contributed by atoms with Gasteiger partial charge in [0.25, 0.3) is 0 Å². The average Bonchev–Trinajstić information content (AvgIpc) is 3.50. The number of rotatable bonds is 6. The molecule has 5 aliphatic rings. The van der Waals surface area contributed by atoms with Crippen LogP contribution in [-0.4, -0.2) is 56.8 Å². The number of ether oxygens (including phenoxy) is 1. The minimum atomic E-state index is -2.63. The molecule has 33 heavy (non-hydrogen) atoms. The van der Waals surface area contributed by atoms with Gasteiger partial charge >= 0.3 is 15.7 Å². The molecule has 0 radical (unpaired) electrons. The fraction of sp³-hybridized carbons (Fsp3) is 0.652. The molecule has 0 saturated heterocycles. The predicted octanol–water partition coefficient (Wildman–Crippen LogP) is 3.03. The number of carbonyl (C=O) groups excluding carboxylic acids is 2. The van der Waals surface area contributed by atoms with Gasteiger partial charge in [0.1, 0.15) is 5.41 Å². The Hall–Kier alpha value is -1.75. The van der Waals surface area contributed by atoms with Gasteiger partial charge in [-0.2, -0.15) is 12.8 Å². The second-order valence-electron chi connectivity index (χ2n) is 9.81. The predicted molar refractivity (Wildman–Crippen MR) is 124 cm³/mol. The Labute approximate surface area is 199 Å². The highest BCUT2D eigenvalue weighted by molar-refractivity contribution is 8.11. The van der Waals surface area contributed by atoms with Crippen LogP contribution in [0.3, 0.4) is 0 Å². The van der Waals surface area contributed by atoms with E-state index >= 15 is 0 Å². The molecule has 5 aliphatic carbocycles. The Balaban J connectivity index is 1.57. The van der Waals surface area contributed by atoms with E-state index in [-0.39, 0.29) is 41.5 Å². The van der Waals surface area contributed by atoms with Crippen molar-refractivity contribution in [2.24, 2.45) is 28.0 Å². The average molecular weight is 492 g/mol. The van der Waals surface area contributed by atoms with E-state index in [9.17, 15) is 18.0 Å². The van der Waals surface area contributed by atoms with Gasteiger partial charge in [-0.1, -0.05) is 30.3 Å². The van der Waals surface area contributed by atoms with Crippen LogP contribution in [0, 0.1) is 23.7 Å². The van der Waals surface area contributed by atoms with Crippen LogP contribution in [0.2, 0.25) is 0 Å². The summed E-state index contributed by atoms with van der Waals surface area (Å²) in [6.07, 6.45) is 4.40. The van der Waals surface area contributed by atoms with E-state index in [0.29, 0.717) is 17.4 Å². The standard InChI is InChI=1S/C23H29N3O5S2/c1-24-32-22(28)26(19-14-8-13-9-15(11-14)20(31-2)17(19)10-13)21(27)23(12-18(23)25-33(29)30)16-6-4-3-5-7-16/h3-7,13-15,17-20,24H,8-12H2,1-2H3. The van der Waals surface area contributed by atoms with Crippen LogP contribution in [-0.2, 0) is 25.4 Å². The number of benzene rings is 1. The highest BCUT2D eigenvalue weighted by Gasteiger charge is 2.66. The normalized spacial score (nSPS) is 38.1. The first-order valence-electron chi connectivity index (χ1n) is 11.5. The quantitative estimate of drug-likeness (QED) is 0.610. The van der Waals surface area contributed by atoms with Gasteiger partial charge < -0.3 is 4.74 Å². The Morgan fingerprint density at radius 1 is 1.15 bits per heavy atom. The molecule has 5 saturated carbocycles. The van der Waals surface area contributed by atoms with Gasteiger partial charge in [0.2, 0.25) is 5.91 Å². The van der Waals surface area contributed by atoms with Crippen LogP contribution < -0.4 is 4.72 Å². The summed E-state index contributed by atoms with van der Waals surface area (Å²) < 4.78 is 35.3. The zero-order chi connectivity index (χ0) is 23.3. The Morgan fingerprint density at radius 2 is 1.88 bits per heavy atom. The van der Waals surface area contributed by atoms with Crippen molar-refractivity contribution < 1.29 is 22.7 Å². The van der Waals surface area contributed by atoms with Crippen molar-refractivity contribution in [3.63, 3.8) is 0 Å². The number of amides is 2. The zero-order valence-electron chi connectivity index (χ0n) is 18.7. The van der Waals surface area contributed by atoms with E-state index in [1.807, 2.05) is 30.3 Å². The van der Waals surface area contributed by atoms with Crippen LogP contribution in [0.4, 0.5) is 4.79 Å². The fourth-order valence-corrected chi connectivity index (χ4v) is 8.10. The van der Waals surface area contributed by atoms with Crippen molar-refractivity contribution in [2.75, 3.05) is 14.2 Å². The Bertz CT molecular complexity index is 1070. The van der Waals surface area contributed by atoms with Gasteiger partial charge in [-0.25, -0.2) is 0 Å². The number of nitrogens with zero attached hydrogens (tertiary/aromatic N) is 2. The number of hydrogen-bond acceptors (Lipinski definition) is 8. The molecule has 8 unspecified atom stereocenters. The van der Waals surface area contributed by atoms with Crippen molar-refractivity contribution in [3.8, 4) is 0 Å². The molecular weight excluding hydrogens is 462 g/mol. The van der Waals surface area contributed by atoms with Gasteiger partial charge in [-0.3, -0.25) is 19.2 Å². The summed E-state index contributed by atoms with van der Waals surface area (Å²) in [4.78, 5) is 29.2. The summed E-state index contributed by atoms with van der Waals surface area (Å²) >= 11 is 0.898.